The minimum Gasteiger partial charge on any atom is -0.497 e. The summed E-state index contributed by atoms with van der Waals surface area (Å²) in [7, 11) is -2.17. The third-order valence-corrected chi connectivity index (χ3v) is 3.43. The highest BCUT2D eigenvalue weighted by atomic mass is 79.9. The number of hydrogen-bond donors (Lipinski definition) is 1. The lowest BCUT2D eigenvalue weighted by Gasteiger charge is -2.11. The Morgan fingerprint density at radius 2 is 2.07 bits per heavy atom. The van der Waals surface area contributed by atoms with Crippen LogP contribution < -0.4 is 9.88 Å². The standard InChI is InChI=1S/C9H12BrNO3S/c1-6(10)8-5-7(14-2)3-4-9(8)15(11,12)13/h3-6H,1-2H3,(H2,11,12,13). The molecule has 1 aromatic carbocycles. The molecule has 0 radical (unpaired) electrons. The Bertz CT molecular complexity index is 456. The molecule has 4 nitrogen and oxygen atoms in total. The average molecular weight is 294 g/mol. The molecule has 1 atom stereocenters. The first-order valence-electron chi connectivity index (χ1n) is 4.21. The van der Waals surface area contributed by atoms with Gasteiger partial charge in [0.15, 0.2) is 0 Å². The lowest BCUT2D eigenvalue weighted by Crippen LogP contribution is -2.14. The summed E-state index contributed by atoms with van der Waals surface area (Å²) in [6, 6.07) is 4.67. The van der Waals surface area contributed by atoms with E-state index in [2.05, 4.69) is 15.9 Å². The molecule has 0 fully saturated rings. The number of rotatable bonds is 3. The fourth-order valence-electron chi connectivity index (χ4n) is 1.22. The summed E-state index contributed by atoms with van der Waals surface area (Å²) >= 11 is 3.31. The smallest absolute Gasteiger partial charge is 0.238 e. The Kier molecular flexibility index (Phi) is 3.75. The van der Waals surface area contributed by atoms with Crippen molar-refractivity contribution in [1.29, 1.82) is 0 Å². The van der Waals surface area contributed by atoms with Crippen molar-refractivity contribution in [3.05, 3.63) is 23.8 Å². The van der Waals surface area contributed by atoms with E-state index in [1.54, 1.807) is 12.1 Å². The molecule has 0 aliphatic heterocycles. The van der Waals surface area contributed by atoms with Crippen molar-refractivity contribution in [1.82, 2.24) is 0 Å². The van der Waals surface area contributed by atoms with Gasteiger partial charge in [-0.1, -0.05) is 15.9 Å². The van der Waals surface area contributed by atoms with Gasteiger partial charge in [0.25, 0.3) is 0 Å². The lowest BCUT2D eigenvalue weighted by molar-refractivity contribution is 0.414. The quantitative estimate of drug-likeness (QED) is 0.864. The Labute approximate surface area is 97.6 Å². The number of benzene rings is 1. The number of sulfonamides is 1. The Balaban J connectivity index is 3.41. The van der Waals surface area contributed by atoms with Crippen LogP contribution in [0.5, 0.6) is 5.75 Å². The zero-order chi connectivity index (χ0) is 11.6. The van der Waals surface area contributed by atoms with Crippen LogP contribution >= 0.6 is 15.9 Å². The van der Waals surface area contributed by atoms with Crippen molar-refractivity contribution >= 4 is 26.0 Å². The zero-order valence-corrected chi connectivity index (χ0v) is 10.8. The largest absolute Gasteiger partial charge is 0.497 e. The summed E-state index contributed by atoms with van der Waals surface area (Å²) in [5.74, 6) is 0.601. The summed E-state index contributed by atoms with van der Waals surface area (Å²) in [6.45, 7) is 1.82. The average Bonchev–Trinajstić information content (AvgIpc) is 2.15. The van der Waals surface area contributed by atoms with E-state index in [-0.39, 0.29) is 9.72 Å². The van der Waals surface area contributed by atoms with Crippen molar-refractivity contribution in [2.45, 2.75) is 16.6 Å². The van der Waals surface area contributed by atoms with Crippen molar-refractivity contribution < 1.29 is 13.2 Å². The van der Waals surface area contributed by atoms with E-state index >= 15 is 0 Å². The maximum atomic E-state index is 11.3. The summed E-state index contributed by atoms with van der Waals surface area (Å²) in [6.07, 6.45) is 0. The topological polar surface area (TPSA) is 69.4 Å². The highest BCUT2D eigenvalue weighted by molar-refractivity contribution is 9.09. The number of alkyl halides is 1. The zero-order valence-electron chi connectivity index (χ0n) is 8.40. The molecule has 0 saturated carbocycles. The fourth-order valence-corrected chi connectivity index (χ4v) is 2.58. The van der Waals surface area contributed by atoms with Crippen LogP contribution in [0.25, 0.3) is 0 Å². The second kappa shape index (κ2) is 4.51. The molecule has 0 amide bonds. The van der Waals surface area contributed by atoms with Gasteiger partial charge in [-0.25, -0.2) is 13.6 Å². The maximum absolute atomic E-state index is 11.3. The molecule has 0 aliphatic carbocycles. The molecule has 0 bridgehead atoms. The van der Waals surface area contributed by atoms with Gasteiger partial charge in [-0.05, 0) is 30.7 Å². The summed E-state index contributed by atoms with van der Waals surface area (Å²) < 4.78 is 27.6. The second-order valence-electron chi connectivity index (χ2n) is 3.06. The number of hydrogen-bond acceptors (Lipinski definition) is 3. The van der Waals surface area contributed by atoms with Gasteiger partial charge >= 0.3 is 0 Å². The Hall–Kier alpha value is -0.590. The molecular weight excluding hydrogens is 282 g/mol. The van der Waals surface area contributed by atoms with Gasteiger partial charge in [0, 0.05) is 4.83 Å². The predicted molar refractivity (Wildman–Crippen MR) is 61.7 cm³/mol. The number of methoxy groups -OCH3 is 1. The van der Waals surface area contributed by atoms with Gasteiger partial charge in [-0.15, -0.1) is 0 Å². The molecule has 2 N–H and O–H groups in total. The van der Waals surface area contributed by atoms with Crippen LogP contribution in [0.4, 0.5) is 0 Å². The molecule has 84 valence electrons. The van der Waals surface area contributed by atoms with Crippen LogP contribution in [0.15, 0.2) is 23.1 Å². The lowest BCUT2D eigenvalue weighted by atomic mass is 10.1. The summed E-state index contributed by atoms with van der Waals surface area (Å²) in [5.41, 5.74) is 0.594. The molecule has 1 rings (SSSR count). The van der Waals surface area contributed by atoms with Crippen LogP contribution in [-0.2, 0) is 10.0 Å². The highest BCUT2D eigenvalue weighted by Crippen LogP contribution is 2.30. The third kappa shape index (κ3) is 2.93. The van der Waals surface area contributed by atoms with E-state index < -0.39 is 10.0 Å². The number of halogens is 1. The first-order valence-corrected chi connectivity index (χ1v) is 6.67. The molecule has 15 heavy (non-hydrogen) atoms. The van der Waals surface area contributed by atoms with Gasteiger partial charge in [0.1, 0.15) is 5.75 Å². The molecule has 0 aliphatic rings. The second-order valence-corrected chi connectivity index (χ2v) is 5.97. The molecule has 1 unspecified atom stereocenters. The first kappa shape index (κ1) is 12.5. The van der Waals surface area contributed by atoms with E-state index in [1.807, 2.05) is 6.92 Å². The minimum atomic E-state index is -3.69. The van der Waals surface area contributed by atoms with Gasteiger partial charge in [0.2, 0.25) is 10.0 Å². The van der Waals surface area contributed by atoms with E-state index in [0.29, 0.717) is 11.3 Å². The van der Waals surface area contributed by atoms with E-state index in [9.17, 15) is 8.42 Å². The first-order chi connectivity index (χ1) is 6.86. The van der Waals surface area contributed by atoms with Crippen molar-refractivity contribution in [3.8, 4) is 5.75 Å². The van der Waals surface area contributed by atoms with E-state index in [1.165, 1.54) is 13.2 Å². The third-order valence-electron chi connectivity index (χ3n) is 1.95. The molecule has 1 aromatic rings. The molecular formula is C9H12BrNO3S. The monoisotopic (exact) mass is 293 g/mol. The predicted octanol–water partition coefficient (Wildman–Crippen LogP) is 1.80. The normalized spacial score (nSPS) is 13.6. The van der Waals surface area contributed by atoms with Crippen LogP contribution in [0.1, 0.15) is 17.3 Å². The van der Waals surface area contributed by atoms with Crippen LogP contribution in [0, 0.1) is 0 Å². The maximum Gasteiger partial charge on any atom is 0.238 e. The summed E-state index contributed by atoms with van der Waals surface area (Å²) in [4.78, 5) is 0.00796. The molecule has 0 heterocycles. The van der Waals surface area contributed by atoms with Gasteiger partial charge in [-0.2, -0.15) is 0 Å². The van der Waals surface area contributed by atoms with Crippen LogP contribution in [0.3, 0.4) is 0 Å². The molecule has 6 heteroatoms. The SMILES string of the molecule is COc1ccc(S(N)(=O)=O)c(C(C)Br)c1. The van der Waals surface area contributed by atoms with Gasteiger partial charge < -0.3 is 4.74 Å². The fraction of sp³-hybridized carbons (Fsp3) is 0.333. The van der Waals surface area contributed by atoms with Crippen molar-refractivity contribution in [2.75, 3.05) is 7.11 Å². The summed E-state index contributed by atoms with van der Waals surface area (Å²) in [5, 5.41) is 5.10. The number of nitrogens with two attached hydrogens (primary N) is 1. The van der Waals surface area contributed by atoms with Crippen LogP contribution in [-0.4, -0.2) is 15.5 Å². The number of ether oxygens (including phenoxy) is 1. The molecule has 0 spiro atoms. The molecule has 0 aromatic heterocycles. The van der Waals surface area contributed by atoms with Crippen LogP contribution in [0.2, 0.25) is 0 Å². The van der Waals surface area contributed by atoms with E-state index in [0.717, 1.165) is 0 Å². The van der Waals surface area contributed by atoms with Crippen molar-refractivity contribution in [3.63, 3.8) is 0 Å². The minimum absolute atomic E-state index is 0.110. The van der Waals surface area contributed by atoms with Gasteiger partial charge in [0.05, 0.1) is 12.0 Å². The highest BCUT2D eigenvalue weighted by Gasteiger charge is 2.17. The van der Waals surface area contributed by atoms with Gasteiger partial charge in [-0.3, -0.25) is 0 Å². The Morgan fingerprint density at radius 1 is 1.47 bits per heavy atom. The number of primary sulfonamides is 1. The van der Waals surface area contributed by atoms with Crippen molar-refractivity contribution in [2.24, 2.45) is 5.14 Å². The molecule has 0 saturated heterocycles. The van der Waals surface area contributed by atoms with E-state index in [4.69, 9.17) is 9.88 Å². The Morgan fingerprint density at radius 3 is 2.47 bits per heavy atom.